The molecule has 0 aliphatic rings. The number of ether oxygens (including phenoxy) is 2. The maximum Gasteiger partial charge on any atom is 0.411 e. The van der Waals surface area contributed by atoms with Crippen LogP contribution in [0.3, 0.4) is 0 Å². The molecule has 20 heavy (non-hydrogen) atoms. The Bertz CT molecular complexity index is 379. The van der Waals surface area contributed by atoms with Crippen molar-refractivity contribution in [2.24, 2.45) is 0 Å². The van der Waals surface area contributed by atoms with Crippen LogP contribution in [0.15, 0.2) is 24.3 Å². The van der Waals surface area contributed by atoms with E-state index in [1.807, 2.05) is 19.1 Å². The summed E-state index contributed by atoms with van der Waals surface area (Å²) in [6.07, 6.45) is -4.29. The third-order valence-corrected chi connectivity index (χ3v) is 2.65. The molecule has 0 bridgehead atoms. The number of halogens is 3. The first-order chi connectivity index (χ1) is 9.42. The Morgan fingerprint density at radius 3 is 2.35 bits per heavy atom. The zero-order valence-corrected chi connectivity index (χ0v) is 11.7. The van der Waals surface area contributed by atoms with E-state index in [2.05, 4.69) is 17.0 Å². The van der Waals surface area contributed by atoms with Crippen LogP contribution >= 0.6 is 0 Å². The molecule has 1 N–H and O–H groups in total. The lowest BCUT2D eigenvalue weighted by atomic mass is 10.1. The van der Waals surface area contributed by atoms with Crippen LogP contribution < -0.4 is 10.1 Å². The molecule has 0 saturated heterocycles. The molecule has 0 heterocycles. The normalized spacial score (nSPS) is 13.2. The van der Waals surface area contributed by atoms with Crippen molar-refractivity contribution in [3.8, 4) is 5.75 Å². The summed E-state index contributed by atoms with van der Waals surface area (Å²) in [6.45, 7) is 3.75. The van der Waals surface area contributed by atoms with Gasteiger partial charge in [0.2, 0.25) is 0 Å². The van der Waals surface area contributed by atoms with Gasteiger partial charge in [0.05, 0.1) is 6.61 Å². The van der Waals surface area contributed by atoms with Crippen LogP contribution in [0.25, 0.3) is 0 Å². The van der Waals surface area contributed by atoms with Crippen molar-refractivity contribution in [1.29, 1.82) is 0 Å². The molecule has 0 saturated carbocycles. The zero-order valence-electron chi connectivity index (χ0n) is 11.7. The maximum absolute atomic E-state index is 11.8. The molecule has 0 amide bonds. The van der Waals surface area contributed by atoms with Gasteiger partial charge in [-0.1, -0.05) is 19.1 Å². The van der Waals surface area contributed by atoms with E-state index in [9.17, 15) is 13.2 Å². The quantitative estimate of drug-likeness (QED) is 0.745. The Labute approximate surface area is 117 Å². The van der Waals surface area contributed by atoms with Gasteiger partial charge >= 0.3 is 6.18 Å². The minimum atomic E-state index is -4.29. The van der Waals surface area contributed by atoms with Crippen LogP contribution in [-0.4, -0.2) is 32.5 Å². The predicted molar refractivity (Wildman–Crippen MR) is 70.9 cm³/mol. The highest BCUT2D eigenvalue weighted by atomic mass is 19.4. The van der Waals surface area contributed by atoms with E-state index in [1.54, 1.807) is 12.1 Å². The van der Waals surface area contributed by atoms with Crippen molar-refractivity contribution in [2.75, 3.05) is 26.4 Å². The fourth-order valence-electron chi connectivity index (χ4n) is 1.68. The number of nitrogens with one attached hydrogen (secondary N) is 1. The Morgan fingerprint density at radius 2 is 1.80 bits per heavy atom. The van der Waals surface area contributed by atoms with Gasteiger partial charge in [-0.05, 0) is 31.2 Å². The van der Waals surface area contributed by atoms with Gasteiger partial charge in [-0.25, -0.2) is 0 Å². The summed E-state index contributed by atoms with van der Waals surface area (Å²) in [5.41, 5.74) is 1.13. The third kappa shape index (κ3) is 6.77. The fraction of sp³-hybridized carbons (Fsp3) is 0.571. The predicted octanol–water partition coefficient (Wildman–Crippen LogP) is 3.31. The molecule has 6 heteroatoms. The Hall–Kier alpha value is -1.27. The van der Waals surface area contributed by atoms with Gasteiger partial charge in [0.15, 0.2) is 0 Å². The van der Waals surface area contributed by atoms with Crippen LogP contribution in [0.1, 0.15) is 25.5 Å². The number of hydrogen-bond donors (Lipinski definition) is 1. The number of benzene rings is 1. The van der Waals surface area contributed by atoms with E-state index < -0.39 is 12.8 Å². The van der Waals surface area contributed by atoms with E-state index in [4.69, 9.17) is 4.74 Å². The van der Waals surface area contributed by atoms with E-state index in [-0.39, 0.29) is 19.3 Å². The van der Waals surface area contributed by atoms with E-state index in [1.165, 1.54) is 0 Å². The third-order valence-electron chi connectivity index (χ3n) is 2.65. The second-order valence-corrected chi connectivity index (χ2v) is 4.36. The highest BCUT2D eigenvalue weighted by Crippen LogP contribution is 2.17. The Kier molecular flexibility index (Phi) is 6.81. The molecule has 0 aliphatic heterocycles. The Morgan fingerprint density at radius 1 is 1.15 bits per heavy atom. The number of rotatable bonds is 8. The largest absolute Gasteiger partial charge is 0.491 e. The molecule has 3 nitrogen and oxygen atoms in total. The second kappa shape index (κ2) is 8.11. The molecule has 0 spiro atoms. The van der Waals surface area contributed by atoms with Crippen LogP contribution in [-0.2, 0) is 4.74 Å². The summed E-state index contributed by atoms with van der Waals surface area (Å²) < 4.78 is 45.2. The highest BCUT2D eigenvalue weighted by Gasteiger charge is 2.27. The summed E-state index contributed by atoms with van der Waals surface area (Å²) in [4.78, 5) is 0. The van der Waals surface area contributed by atoms with Crippen molar-refractivity contribution in [2.45, 2.75) is 26.1 Å². The molecule has 0 fully saturated rings. The monoisotopic (exact) mass is 291 g/mol. The lowest BCUT2D eigenvalue weighted by Crippen LogP contribution is -2.19. The number of hydrogen-bond acceptors (Lipinski definition) is 3. The first-order valence-corrected chi connectivity index (χ1v) is 6.53. The van der Waals surface area contributed by atoms with Crippen LogP contribution in [0.2, 0.25) is 0 Å². The van der Waals surface area contributed by atoms with Gasteiger partial charge in [-0.3, -0.25) is 0 Å². The van der Waals surface area contributed by atoms with E-state index >= 15 is 0 Å². The summed E-state index contributed by atoms with van der Waals surface area (Å²) in [5, 5.41) is 3.29. The van der Waals surface area contributed by atoms with E-state index in [0.29, 0.717) is 5.75 Å². The molecule has 1 unspecified atom stereocenters. The lowest BCUT2D eigenvalue weighted by Gasteiger charge is -2.13. The minimum Gasteiger partial charge on any atom is -0.491 e. The minimum absolute atomic E-state index is 0.0882. The summed E-state index contributed by atoms with van der Waals surface area (Å²) in [7, 11) is 0. The van der Waals surface area contributed by atoms with Crippen molar-refractivity contribution < 1.29 is 22.6 Å². The van der Waals surface area contributed by atoms with Gasteiger partial charge in [0.25, 0.3) is 0 Å². The van der Waals surface area contributed by atoms with Gasteiger partial charge in [0.1, 0.15) is 19.0 Å². The standard InChI is InChI=1S/C14H20F3NO2/c1-3-18-11(2)12-4-6-13(7-5-12)20-9-8-19-10-14(15,16)17/h4-7,11,18H,3,8-10H2,1-2H3. The highest BCUT2D eigenvalue weighted by molar-refractivity contribution is 5.28. The SMILES string of the molecule is CCNC(C)c1ccc(OCCOCC(F)(F)F)cc1. The average molecular weight is 291 g/mol. The van der Waals surface area contributed by atoms with Crippen LogP contribution in [0.4, 0.5) is 13.2 Å². The topological polar surface area (TPSA) is 30.5 Å². The molecule has 1 atom stereocenters. The zero-order chi connectivity index (χ0) is 15.0. The molecule has 1 rings (SSSR count). The van der Waals surface area contributed by atoms with Crippen LogP contribution in [0, 0.1) is 0 Å². The van der Waals surface area contributed by atoms with E-state index in [0.717, 1.165) is 12.1 Å². The van der Waals surface area contributed by atoms with Crippen LogP contribution in [0.5, 0.6) is 5.75 Å². The van der Waals surface area contributed by atoms with Crippen molar-refractivity contribution in [1.82, 2.24) is 5.32 Å². The maximum atomic E-state index is 11.8. The van der Waals surface area contributed by atoms with Gasteiger partial charge in [-0.15, -0.1) is 0 Å². The van der Waals surface area contributed by atoms with Crippen molar-refractivity contribution in [3.05, 3.63) is 29.8 Å². The lowest BCUT2D eigenvalue weighted by molar-refractivity contribution is -0.175. The smallest absolute Gasteiger partial charge is 0.411 e. The average Bonchev–Trinajstić information content (AvgIpc) is 2.38. The van der Waals surface area contributed by atoms with Crippen molar-refractivity contribution >= 4 is 0 Å². The Balaban J connectivity index is 2.28. The van der Waals surface area contributed by atoms with Gasteiger partial charge < -0.3 is 14.8 Å². The fourth-order valence-corrected chi connectivity index (χ4v) is 1.68. The molecule has 0 aliphatic carbocycles. The second-order valence-electron chi connectivity index (χ2n) is 4.36. The molecule has 1 aromatic carbocycles. The van der Waals surface area contributed by atoms with Gasteiger partial charge in [0, 0.05) is 6.04 Å². The van der Waals surface area contributed by atoms with Crippen molar-refractivity contribution in [3.63, 3.8) is 0 Å². The first kappa shape index (κ1) is 16.8. The molecule has 0 radical (unpaired) electrons. The molecule has 1 aromatic rings. The molecular formula is C14H20F3NO2. The molecule has 114 valence electrons. The summed E-state index contributed by atoms with van der Waals surface area (Å²) in [5.74, 6) is 0.619. The summed E-state index contributed by atoms with van der Waals surface area (Å²) >= 11 is 0. The van der Waals surface area contributed by atoms with Gasteiger partial charge in [-0.2, -0.15) is 13.2 Å². The number of alkyl halides is 3. The first-order valence-electron chi connectivity index (χ1n) is 6.53. The molecule has 0 aromatic heterocycles. The summed E-state index contributed by atoms with van der Waals surface area (Å²) in [6, 6.07) is 7.71. The molecular weight excluding hydrogens is 271 g/mol.